The van der Waals surface area contributed by atoms with E-state index in [1.54, 1.807) is 63.9 Å². The van der Waals surface area contributed by atoms with E-state index >= 15 is 0 Å². The number of anilines is 1. The Hall–Kier alpha value is -12.3. The maximum absolute atomic E-state index is 12.3. The molecule has 3 amide bonds. The highest BCUT2D eigenvalue weighted by atomic mass is 79.9. The minimum Gasteiger partial charge on any atom is -0.491 e. The van der Waals surface area contributed by atoms with Gasteiger partial charge in [0.25, 0.3) is 0 Å². The van der Waals surface area contributed by atoms with Gasteiger partial charge in [0, 0.05) is 109 Å². The number of aromatic nitrogens is 6. The summed E-state index contributed by atoms with van der Waals surface area (Å²) >= 11 is 3.35. The van der Waals surface area contributed by atoms with Crippen LogP contribution >= 0.6 is 15.9 Å². The summed E-state index contributed by atoms with van der Waals surface area (Å²) in [5.41, 5.74) is 14.5. The van der Waals surface area contributed by atoms with Gasteiger partial charge in [0.05, 0.1) is 63.0 Å². The Morgan fingerprint density at radius 3 is 1.22 bits per heavy atom. The SMILES string of the molecule is CC[SiH](CC)CC.COCCOc1ccc(Br)cc1.COCCOc1ccc(C2(O)CCN(C(=O)OCc3ccccc3)CC2)cc1.COCCOc1ccc(C2CCN(C(=O)OCc3ccccc3)CC2)cc1.COCCOc1ccc(C2CCN(CCn3ncc4c3nc(N)n3nc(-c5ccco5)nc43)CC2)cc1.COCCOc1ccc(C2CCNCC2)cc1.O=C1CCN(C(=O)OCc2ccccc2)CC1.[HH]. The van der Waals surface area contributed by atoms with Crippen molar-refractivity contribution in [2.24, 2.45) is 0 Å². The minimum absolute atomic E-state index is 0. The molecule has 0 bridgehead atoms. The minimum atomic E-state index is -0.943. The van der Waals surface area contributed by atoms with E-state index in [0.717, 1.165) is 139 Å². The van der Waals surface area contributed by atoms with Gasteiger partial charge in [-0.05, 0) is 219 Å². The molecule has 33 heteroatoms. The summed E-state index contributed by atoms with van der Waals surface area (Å²) in [5, 5.41) is 24.3. The predicted octanol–water partition coefficient (Wildman–Crippen LogP) is 19.9. The van der Waals surface area contributed by atoms with Crippen LogP contribution in [0.4, 0.5) is 20.3 Å². The Morgan fingerprint density at radius 1 is 0.455 bits per heavy atom. The number of hydrogen-bond acceptors (Lipinski definition) is 26. The topological polar surface area (TPSA) is 334 Å². The standard InChI is InChI=1S/C26H30N8O3.C22H27NO5.C22H27NO4.C14H21NO2.C13H15NO3.C9H11BrO2.C6H16Si.H2/c1-35-15-16-36-20-6-4-18(5-7-20)19-8-10-32(11-9-19)12-13-33-24-21(17-28-33)25-29-23(22-3-2-14-37-22)31-34(25)26(27)30-24;1-26-15-16-27-20-9-7-19(8-10-20)22(25)11-13-23(14-12-22)21(24)28-17-18-5-3-2-4-6-18;1-25-15-16-26-21-9-7-19(8-10-21)20-11-13-23(14-12-20)22(24)27-17-18-5-3-2-4-6-18;1-16-10-11-17-14-4-2-12(3-5-14)13-6-8-15-9-7-13;15-12-6-8-14(9-7-12)13(16)17-10-11-4-2-1-3-5-11;1-11-6-7-12-9-4-2-8(10)3-5-9;1-4-7(5-2)6-3;/h2-7,14,17,19H,8-13,15-16H2,1H3,(H2,27,30);2-10,25H,11-17H2,1H3;2-10,20H,11-17H2,1H3;2-5,13,15H,6-11H2,1H3;1-5H,6-10H2;2-5H,6-7H2,1H3;7H,4-6H2,1-3H3;1H. The summed E-state index contributed by atoms with van der Waals surface area (Å²) in [7, 11) is 8.14. The van der Waals surface area contributed by atoms with Crippen LogP contribution in [0.15, 0.2) is 246 Å². The maximum atomic E-state index is 12.3. The smallest absolute Gasteiger partial charge is 0.410 e. The predicted molar refractivity (Wildman–Crippen MR) is 571 cm³/mol. The molecule has 31 nitrogen and oxygen atoms in total. The third kappa shape index (κ3) is 38.2. The van der Waals surface area contributed by atoms with Crippen molar-refractivity contribution < 1.29 is 91.7 Å². The number of nitrogens with two attached hydrogens (primary N) is 1. The quantitative estimate of drug-likeness (QED) is 0.0185. The number of benzene rings is 8. The third-order valence-corrected chi connectivity index (χ3v) is 30.0. The van der Waals surface area contributed by atoms with Crippen LogP contribution in [0.25, 0.3) is 28.3 Å². The number of aliphatic hydroxyl groups is 1. The van der Waals surface area contributed by atoms with Crippen LogP contribution < -0.4 is 34.7 Å². The van der Waals surface area contributed by atoms with Crippen LogP contribution in [0.3, 0.4) is 0 Å². The molecule has 145 heavy (non-hydrogen) atoms. The zero-order valence-electron chi connectivity index (χ0n) is 85.4. The molecule has 9 heterocycles. The van der Waals surface area contributed by atoms with Crippen molar-refractivity contribution in [1.82, 2.24) is 54.3 Å². The van der Waals surface area contributed by atoms with Crippen molar-refractivity contribution in [3.8, 4) is 40.3 Å². The lowest BCUT2D eigenvalue weighted by Gasteiger charge is -2.38. The van der Waals surface area contributed by atoms with Gasteiger partial charge in [-0.15, -0.1) is 5.10 Å². The second-order valence-electron chi connectivity index (χ2n) is 35.8. The van der Waals surface area contributed by atoms with Crippen molar-refractivity contribution in [3.63, 3.8) is 0 Å². The number of nitrogens with zero attached hydrogens (tertiary/aromatic N) is 10. The Balaban J connectivity index is 0.000000182. The summed E-state index contributed by atoms with van der Waals surface area (Å²) in [4.78, 5) is 64.0. The van der Waals surface area contributed by atoms with Gasteiger partial charge >= 0.3 is 18.3 Å². The van der Waals surface area contributed by atoms with Crippen LogP contribution in [-0.4, -0.2) is 261 Å². The molecule has 5 fully saturated rings. The van der Waals surface area contributed by atoms with E-state index < -0.39 is 5.60 Å². The van der Waals surface area contributed by atoms with E-state index in [9.17, 15) is 24.3 Å². The average molecular weight is 2080 g/mol. The molecule has 5 aliphatic heterocycles. The molecule has 12 aromatic rings. The third-order valence-electron chi connectivity index (χ3n) is 26.0. The van der Waals surface area contributed by atoms with Crippen LogP contribution in [0.1, 0.15) is 143 Å². The molecule has 0 radical (unpaired) electrons. The first-order valence-electron chi connectivity index (χ1n) is 50.6. The number of nitrogen functional groups attached to an aromatic ring is 1. The van der Waals surface area contributed by atoms with E-state index in [2.05, 4.69) is 128 Å². The number of ketones is 1. The van der Waals surface area contributed by atoms with Gasteiger partial charge in [0.15, 0.2) is 17.1 Å². The van der Waals surface area contributed by atoms with Crippen molar-refractivity contribution in [3.05, 3.63) is 280 Å². The Morgan fingerprint density at radius 2 is 0.834 bits per heavy atom. The number of piperidine rings is 5. The highest BCUT2D eigenvalue weighted by Gasteiger charge is 2.37. The number of Topliss-reactive ketones (excluding diaryl/α,β-unsaturated/α-hetero) is 1. The van der Waals surface area contributed by atoms with Gasteiger partial charge in [0.2, 0.25) is 11.8 Å². The molecule has 17 rings (SSSR count). The van der Waals surface area contributed by atoms with E-state index in [0.29, 0.717) is 165 Å². The molecule has 0 atom stereocenters. The summed E-state index contributed by atoms with van der Waals surface area (Å²) in [6.45, 7) is 22.9. The summed E-state index contributed by atoms with van der Waals surface area (Å²) in [6.07, 6.45) is 10.9. The van der Waals surface area contributed by atoms with Gasteiger partial charge in [0.1, 0.15) is 87.4 Å². The number of fused-ring (bicyclic) bond motifs is 3. The molecular formula is C112H149BrN12O19Si. The second kappa shape index (κ2) is 63.2. The van der Waals surface area contributed by atoms with Gasteiger partial charge in [-0.1, -0.05) is 194 Å². The van der Waals surface area contributed by atoms with E-state index in [-0.39, 0.29) is 53.4 Å². The Kier molecular flexibility index (Phi) is 49.3. The molecular weight excluding hydrogens is 1930 g/mol. The van der Waals surface area contributed by atoms with Gasteiger partial charge in [-0.2, -0.15) is 14.6 Å². The molecule has 0 aliphatic carbocycles. The monoisotopic (exact) mass is 2070 g/mol. The molecule has 5 aliphatic rings. The fourth-order valence-electron chi connectivity index (χ4n) is 17.1. The number of amides is 3. The number of carbonyl (C=O) groups is 4. The lowest BCUT2D eigenvalue weighted by molar-refractivity contribution is -0.121. The van der Waals surface area contributed by atoms with Crippen LogP contribution in [0.5, 0.6) is 28.7 Å². The Labute approximate surface area is 865 Å². The number of methoxy groups -OCH3 is 5. The number of likely N-dealkylation sites (tertiary alicyclic amines) is 4. The summed E-state index contributed by atoms with van der Waals surface area (Å²) in [6, 6.07) is 77.5. The number of hydrogen-bond donors (Lipinski definition) is 3. The fraction of sp³-hybridized carbons (Fsp3) is 0.446. The van der Waals surface area contributed by atoms with Gasteiger partial charge < -0.3 is 102 Å². The Bertz CT molecular complexity index is 5610. The normalized spacial score (nSPS) is 14.8. The lowest BCUT2D eigenvalue weighted by atomic mass is 9.84. The van der Waals surface area contributed by atoms with Gasteiger partial charge in [-0.25, -0.2) is 24.0 Å². The molecule has 782 valence electrons. The first-order chi connectivity index (χ1) is 70.9. The molecule has 0 saturated carbocycles. The van der Waals surface area contributed by atoms with Crippen LogP contribution in [-0.2, 0) is 74.7 Å². The van der Waals surface area contributed by atoms with Crippen molar-refractivity contribution in [2.75, 3.05) is 179 Å². The van der Waals surface area contributed by atoms with Crippen molar-refractivity contribution >= 4 is 71.4 Å². The molecule has 8 aromatic carbocycles. The number of ether oxygens (including phenoxy) is 13. The first kappa shape index (κ1) is 113. The van der Waals surface area contributed by atoms with Gasteiger partial charge in [-0.3, -0.25) is 4.79 Å². The van der Waals surface area contributed by atoms with Crippen LogP contribution in [0.2, 0.25) is 18.1 Å². The number of carbonyl (C=O) groups excluding carboxylic acids is 4. The zero-order valence-corrected chi connectivity index (χ0v) is 88.2. The maximum Gasteiger partial charge on any atom is 0.410 e. The lowest BCUT2D eigenvalue weighted by Crippen LogP contribution is -2.45. The molecule has 0 spiro atoms. The number of halogens is 1. The second-order valence-corrected chi connectivity index (χ2v) is 40.9. The van der Waals surface area contributed by atoms with Crippen LogP contribution in [0, 0.1) is 0 Å². The molecule has 4 N–H and O–H groups in total. The number of rotatable bonds is 37. The number of furan rings is 1. The fourth-order valence-corrected chi connectivity index (χ4v) is 19.1. The van der Waals surface area contributed by atoms with E-state index in [4.69, 9.17) is 71.7 Å². The largest absolute Gasteiger partial charge is 0.491 e. The van der Waals surface area contributed by atoms with E-state index in [1.165, 1.54) is 52.2 Å². The zero-order chi connectivity index (χ0) is 102. The van der Waals surface area contributed by atoms with Crippen molar-refractivity contribution in [2.45, 2.75) is 153 Å². The highest BCUT2D eigenvalue weighted by Crippen LogP contribution is 2.37. The summed E-state index contributed by atoms with van der Waals surface area (Å²) in [5.74, 6) is 7.58. The van der Waals surface area contributed by atoms with Crippen molar-refractivity contribution in [1.29, 1.82) is 0 Å². The average Bonchev–Trinajstić information content (AvgIpc) is 1.60. The molecule has 5 saturated heterocycles. The van der Waals surface area contributed by atoms with E-state index in [1.807, 2.05) is 167 Å². The highest BCUT2D eigenvalue weighted by molar-refractivity contribution is 9.10. The molecule has 4 aromatic heterocycles. The number of nitrogens with one attached hydrogen (secondary N) is 1. The molecule has 0 unspecified atom stereocenters. The first-order valence-corrected chi connectivity index (χ1v) is 53.8. The summed E-state index contributed by atoms with van der Waals surface area (Å²) < 4.78 is 78.5.